The maximum absolute atomic E-state index is 11.5. The predicted molar refractivity (Wildman–Crippen MR) is 63.7 cm³/mol. The summed E-state index contributed by atoms with van der Waals surface area (Å²) >= 11 is 1.26. The van der Waals surface area contributed by atoms with Crippen LogP contribution in [0.5, 0.6) is 0 Å². The molecule has 0 aliphatic heterocycles. The molecule has 2 aromatic rings. The Kier molecular flexibility index (Phi) is 2.62. The number of nitriles is 1. The molecule has 0 fully saturated rings. The minimum absolute atomic E-state index is 0.205. The molecule has 2 heterocycles. The van der Waals surface area contributed by atoms with Crippen molar-refractivity contribution in [3.8, 4) is 6.07 Å². The van der Waals surface area contributed by atoms with Gasteiger partial charge in [0.15, 0.2) is 0 Å². The number of hydrogen-bond acceptors (Lipinski definition) is 5. The molecule has 6 heteroatoms. The first-order chi connectivity index (χ1) is 7.63. The smallest absolute Gasteiger partial charge is 0.268 e. The maximum atomic E-state index is 11.5. The molecular formula is C10H10N4OS. The Morgan fingerprint density at radius 2 is 2.38 bits per heavy atom. The van der Waals surface area contributed by atoms with Gasteiger partial charge in [-0.3, -0.25) is 4.79 Å². The summed E-state index contributed by atoms with van der Waals surface area (Å²) in [7, 11) is 0. The van der Waals surface area contributed by atoms with Gasteiger partial charge in [-0.15, -0.1) is 11.3 Å². The van der Waals surface area contributed by atoms with Gasteiger partial charge in [0.25, 0.3) is 5.56 Å². The van der Waals surface area contributed by atoms with Gasteiger partial charge >= 0.3 is 0 Å². The van der Waals surface area contributed by atoms with Crippen LogP contribution in [-0.4, -0.2) is 16.0 Å². The van der Waals surface area contributed by atoms with Crippen molar-refractivity contribution in [1.29, 1.82) is 5.26 Å². The number of hydrogen-bond donors (Lipinski definition) is 2. The zero-order valence-corrected chi connectivity index (χ0v) is 9.68. The molecule has 0 aromatic carbocycles. The number of nitrogens with one attached hydrogen (secondary N) is 2. The van der Waals surface area contributed by atoms with Gasteiger partial charge in [0.1, 0.15) is 26.9 Å². The Morgan fingerprint density at radius 1 is 1.62 bits per heavy atom. The largest absolute Gasteiger partial charge is 0.374 e. The summed E-state index contributed by atoms with van der Waals surface area (Å²) in [5.41, 5.74) is 0.711. The van der Waals surface area contributed by atoms with Gasteiger partial charge in [0.2, 0.25) is 0 Å². The second-order valence-electron chi connectivity index (χ2n) is 3.63. The summed E-state index contributed by atoms with van der Waals surface area (Å²) in [5, 5.41) is 12.9. The van der Waals surface area contributed by atoms with Crippen LogP contribution in [0.1, 0.15) is 19.4 Å². The van der Waals surface area contributed by atoms with E-state index in [0.29, 0.717) is 20.8 Å². The molecule has 2 aromatic heterocycles. The van der Waals surface area contributed by atoms with Gasteiger partial charge in [-0.1, -0.05) is 0 Å². The molecule has 0 atom stereocenters. The fourth-order valence-electron chi connectivity index (χ4n) is 1.39. The predicted octanol–water partition coefficient (Wildman–Crippen LogP) is 1.68. The summed E-state index contributed by atoms with van der Waals surface area (Å²) in [5.74, 6) is 0. The molecule has 0 saturated heterocycles. The van der Waals surface area contributed by atoms with E-state index in [2.05, 4.69) is 21.4 Å². The summed E-state index contributed by atoms with van der Waals surface area (Å²) in [6.07, 6.45) is 1.32. The maximum Gasteiger partial charge on any atom is 0.268 e. The van der Waals surface area contributed by atoms with E-state index in [1.54, 1.807) is 0 Å². The first kappa shape index (κ1) is 10.6. The highest BCUT2D eigenvalue weighted by atomic mass is 32.1. The molecule has 5 nitrogen and oxygen atoms in total. The molecule has 0 saturated carbocycles. The van der Waals surface area contributed by atoms with E-state index in [1.807, 2.05) is 13.8 Å². The minimum atomic E-state index is -0.205. The Hall–Kier alpha value is -1.87. The molecule has 16 heavy (non-hydrogen) atoms. The van der Waals surface area contributed by atoms with Crippen molar-refractivity contribution in [1.82, 2.24) is 9.97 Å². The average molecular weight is 234 g/mol. The number of aromatic nitrogens is 2. The number of anilines is 1. The molecule has 0 bridgehead atoms. The van der Waals surface area contributed by atoms with E-state index in [0.717, 1.165) is 0 Å². The van der Waals surface area contributed by atoms with Gasteiger partial charge in [-0.25, -0.2) is 4.98 Å². The van der Waals surface area contributed by atoms with Crippen molar-refractivity contribution < 1.29 is 0 Å². The number of fused-ring (bicyclic) bond motifs is 1. The molecular weight excluding hydrogens is 224 g/mol. The average Bonchev–Trinajstić information content (AvgIpc) is 2.56. The van der Waals surface area contributed by atoms with Crippen LogP contribution in [0.25, 0.3) is 10.2 Å². The van der Waals surface area contributed by atoms with Crippen LogP contribution in [-0.2, 0) is 0 Å². The molecule has 2 N–H and O–H groups in total. The lowest BCUT2D eigenvalue weighted by Crippen LogP contribution is -2.09. The van der Waals surface area contributed by atoms with E-state index in [4.69, 9.17) is 5.26 Å². The summed E-state index contributed by atoms with van der Waals surface area (Å²) in [6.45, 7) is 3.95. The third-order valence-electron chi connectivity index (χ3n) is 2.01. The molecule has 82 valence electrons. The van der Waals surface area contributed by atoms with E-state index < -0.39 is 0 Å². The highest BCUT2D eigenvalue weighted by Crippen LogP contribution is 2.31. The fourth-order valence-corrected chi connectivity index (χ4v) is 2.53. The van der Waals surface area contributed by atoms with E-state index >= 15 is 0 Å². The van der Waals surface area contributed by atoms with Gasteiger partial charge in [-0.2, -0.15) is 5.26 Å². The van der Waals surface area contributed by atoms with Gasteiger partial charge in [-0.05, 0) is 13.8 Å². The highest BCUT2D eigenvalue weighted by molar-refractivity contribution is 7.23. The number of thiophene rings is 1. The number of rotatable bonds is 2. The van der Waals surface area contributed by atoms with Crippen molar-refractivity contribution in [2.24, 2.45) is 0 Å². The van der Waals surface area contributed by atoms with E-state index in [1.165, 1.54) is 17.7 Å². The molecule has 0 unspecified atom stereocenters. The molecule has 0 aliphatic carbocycles. The summed E-state index contributed by atoms with van der Waals surface area (Å²) in [4.78, 5) is 18.1. The van der Waals surface area contributed by atoms with Crippen LogP contribution < -0.4 is 10.9 Å². The second-order valence-corrected chi connectivity index (χ2v) is 4.65. The number of H-pyrrole nitrogens is 1. The lowest BCUT2D eigenvalue weighted by atomic mass is 10.3. The molecule has 0 radical (unpaired) electrons. The van der Waals surface area contributed by atoms with Crippen molar-refractivity contribution in [3.05, 3.63) is 22.2 Å². The molecule has 0 amide bonds. The van der Waals surface area contributed by atoms with E-state index in [9.17, 15) is 4.79 Å². The lowest BCUT2D eigenvalue weighted by molar-refractivity contribution is 0.904. The van der Waals surface area contributed by atoms with Gasteiger partial charge < -0.3 is 10.3 Å². The zero-order valence-electron chi connectivity index (χ0n) is 8.87. The fraction of sp³-hybridized carbons (Fsp3) is 0.300. The van der Waals surface area contributed by atoms with Crippen molar-refractivity contribution in [2.45, 2.75) is 19.9 Å². The van der Waals surface area contributed by atoms with Crippen molar-refractivity contribution in [3.63, 3.8) is 0 Å². The Labute approximate surface area is 95.8 Å². The quantitative estimate of drug-likeness (QED) is 0.828. The van der Waals surface area contributed by atoms with Crippen LogP contribution in [0.3, 0.4) is 0 Å². The third-order valence-corrected chi connectivity index (χ3v) is 3.12. The number of nitrogens with zero attached hydrogens (tertiary/aromatic N) is 2. The normalized spacial score (nSPS) is 10.6. The lowest BCUT2D eigenvalue weighted by Gasteiger charge is -2.06. The summed E-state index contributed by atoms with van der Waals surface area (Å²) < 4.78 is 0.488. The van der Waals surface area contributed by atoms with Crippen molar-refractivity contribution in [2.75, 3.05) is 5.32 Å². The Morgan fingerprint density at radius 3 is 3.00 bits per heavy atom. The third kappa shape index (κ3) is 1.66. The van der Waals surface area contributed by atoms with Crippen LogP contribution in [0.15, 0.2) is 11.1 Å². The summed E-state index contributed by atoms with van der Waals surface area (Å²) in [6, 6.07) is 2.29. The highest BCUT2D eigenvalue weighted by Gasteiger charge is 2.15. The monoisotopic (exact) mass is 234 g/mol. The zero-order chi connectivity index (χ0) is 11.7. The standard InChI is InChI=1S/C10H10N4OS/c1-5(2)14-10-6(3-11)7-8(16-10)9(15)13-4-12-7/h4-5,14H,1-2H3,(H,12,13,15). The second kappa shape index (κ2) is 3.94. The van der Waals surface area contributed by atoms with Crippen LogP contribution in [0.4, 0.5) is 5.00 Å². The van der Waals surface area contributed by atoms with Crippen LogP contribution in [0, 0.1) is 11.3 Å². The minimum Gasteiger partial charge on any atom is -0.374 e. The molecule has 2 rings (SSSR count). The topological polar surface area (TPSA) is 81.6 Å². The Bertz CT molecular complexity index is 620. The Balaban J connectivity index is 2.72. The van der Waals surface area contributed by atoms with Gasteiger partial charge in [0.05, 0.1) is 6.33 Å². The van der Waals surface area contributed by atoms with Crippen LogP contribution in [0.2, 0.25) is 0 Å². The first-order valence-corrected chi connectivity index (χ1v) is 5.62. The van der Waals surface area contributed by atoms with E-state index in [-0.39, 0.29) is 11.6 Å². The van der Waals surface area contributed by atoms with Gasteiger partial charge in [0, 0.05) is 6.04 Å². The SMILES string of the molecule is CC(C)Nc1sc2c(=O)[nH]cnc2c1C#N. The first-order valence-electron chi connectivity index (χ1n) is 4.80. The molecule has 0 spiro atoms. The van der Waals surface area contributed by atoms with Crippen LogP contribution >= 0.6 is 11.3 Å². The molecule has 0 aliphatic rings. The van der Waals surface area contributed by atoms with Crippen molar-refractivity contribution >= 4 is 26.6 Å². The number of aromatic amines is 1.